The van der Waals surface area contributed by atoms with Crippen LogP contribution in [0.4, 0.5) is 0 Å². The van der Waals surface area contributed by atoms with Crippen molar-refractivity contribution in [2.45, 2.75) is 70.9 Å². The summed E-state index contributed by atoms with van der Waals surface area (Å²) < 4.78 is 7.38. The number of likely N-dealkylation sites (tertiary alicyclic amines) is 1. The molecule has 28 heavy (non-hydrogen) atoms. The highest BCUT2D eigenvalue weighted by Gasteiger charge is 2.45. The quantitative estimate of drug-likeness (QED) is 0.695. The van der Waals surface area contributed by atoms with E-state index in [1.54, 1.807) is 0 Å². The van der Waals surface area contributed by atoms with Crippen LogP contribution in [-0.2, 0) is 20.6 Å². The van der Waals surface area contributed by atoms with Crippen LogP contribution in [0.1, 0.15) is 32.8 Å². The molecule has 10 heteroatoms. The Morgan fingerprint density at radius 2 is 1.93 bits per heavy atom. The van der Waals surface area contributed by atoms with E-state index in [9.17, 15) is 24.3 Å². The summed E-state index contributed by atoms with van der Waals surface area (Å²) in [7, 11) is -2.12. The molecule has 2 heterocycles. The molecule has 1 aliphatic heterocycles. The van der Waals surface area contributed by atoms with Crippen molar-refractivity contribution in [3.8, 4) is 0 Å². The molecule has 1 fully saturated rings. The standard InChI is InChI=1S/C18H29N3O6Si/c1-11-8-20(17(26)19-15(11)23)10-14(22)21-9-12(7-13(21)16(24)25)27-28(5,6)18(2,3)4/h8,12-13H,7,9-10H2,1-6H3,(H,24,25)(H,19,23,26)/t12-,13+/m1/s1. The van der Waals surface area contributed by atoms with E-state index in [2.05, 4.69) is 38.8 Å². The fourth-order valence-electron chi connectivity index (χ4n) is 2.96. The van der Waals surface area contributed by atoms with Crippen LogP contribution in [0.25, 0.3) is 0 Å². The van der Waals surface area contributed by atoms with E-state index in [0.717, 1.165) is 4.57 Å². The average Bonchev–Trinajstić information content (AvgIpc) is 2.95. The summed E-state index contributed by atoms with van der Waals surface area (Å²) in [5.41, 5.74) is -0.923. The van der Waals surface area contributed by atoms with E-state index in [1.165, 1.54) is 18.0 Å². The molecule has 0 saturated carbocycles. The minimum atomic E-state index is -2.12. The number of rotatable bonds is 5. The lowest BCUT2D eigenvalue weighted by Crippen LogP contribution is -2.45. The number of carbonyl (C=O) groups is 2. The number of hydrogen-bond acceptors (Lipinski definition) is 5. The van der Waals surface area contributed by atoms with Crippen LogP contribution in [0.15, 0.2) is 15.8 Å². The van der Waals surface area contributed by atoms with Crippen molar-refractivity contribution in [3.63, 3.8) is 0 Å². The van der Waals surface area contributed by atoms with E-state index >= 15 is 0 Å². The maximum atomic E-state index is 12.8. The number of aryl methyl sites for hydroxylation is 1. The molecule has 0 bridgehead atoms. The first-order valence-electron chi connectivity index (χ1n) is 9.23. The molecule has 2 atom stereocenters. The minimum Gasteiger partial charge on any atom is -0.480 e. The first-order chi connectivity index (χ1) is 12.7. The molecule has 1 aromatic heterocycles. The Morgan fingerprint density at radius 1 is 1.32 bits per heavy atom. The van der Waals surface area contributed by atoms with Crippen molar-refractivity contribution in [1.82, 2.24) is 14.5 Å². The van der Waals surface area contributed by atoms with Crippen molar-refractivity contribution in [2.24, 2.45) is 0 Å². The van der Waals surface area contributed by atoms with Gasteiger partial charge in [0.15, 0.2) is 8.32 Å². The van der Waals surface area contributed by atoms with Gasteiger partial charge in [-0.05, 0) is 25.1 Å². The molecule has 1 aliphatic rings. The zero-order valence-electron chi connectivity index (χ0n) is 17.2. The molecule has 0 spiro atoms. The summed E-state index contributed by atoms with van der Waals surface area (Å²) in [6, 6.07) is -0.998. The van der Waals surface area contributed by atoms with Gasteiger partial charge in [-0.25, -0.2) is 9.59 Å². The summed E-state index contributed by atoms with van der Waals surface area (Å²) in [5, 5.41) is 9.52. The largest absolute Gasteiger partial charge is 0.480 e. The Hall–Kier alpha value is -2.20. The summed E-state index contributed by atoms with van der Waals surface area (Å²) in [6.45, 7) is 11.8. The first-order valence-corrected chi connectivity index (χ1v) is 12.1. The fourth-order valence-corrected chi connectivity index (χ4v) is 4.32. The lowest BCUT2D eigenvalue weighted by Gasteiger charge is -2.38. The number of carboxylic acid groups (broad SMARTS) is 1. The van der Waals surface area contributed by atoms with Gasteiger partial charge in [-0.3, -0.25) is 19.1 Å². The number of H-pyrrole nitrogens is 1. The van der Waals surface area contributed by atoms with Crippen LogP contribution < -0.4 is 11.2 Å². The lowest BCUT2D eigenvalue weighted by molar-refractivity contribution is -0.148. The molecule has 1 aromatic rings. The second-order valence-corrected chi connectivity index (χ2v) is 13.6. The number of aromatic amines is 1. The second-order valence-electron chi connectivity index (χ2n) is 8.84. The van der Waals surface area contributed by atoms with Crippen LogP contribution in [0.3, 0.4) is 0 Å². The van der Waals surface area contributed by atoms with Gasteiger partial charge in [-0.2, -0.15) is 0 Å². The van der Waals surface area contributed by atoms with Crippen molar-refractivity contribution in [2.75, 3.05) is 6.54 Å². The summed E-state index contributed by atoms with van der Waals surface area (Å²) in [5.74, 6) is -1.60. The molecule has 9 nitrogen and oxygen atoms in total. The molecule has 156 valence electrons. The lowest BCUT2D eigenvalue weighted by atomic mass is 10.2. The normalized spacial score (nSPS) is 20.4. The average molecular weight is 412 g/mol. The van der Waals surface area contributed by atoms with Gasteiger partial charge in [-0.15, -0.1) is 0 Å². The molecule has 2 rings (SSSR count). The highest BCUT2D eigenvalue weighted by molar-refractivity contribution is 6.74. The molecule has 1 amide bonds. The Balaban J connectivity index is 2.20. The second kappa shape index (κ2) is 7.67. The number of aromatic nitrogens is 2. The third-order valence-electron chi connectivity index (χ3n) is 5.63. The van der Waals surface area contributed by atoms with Crippen molar-refractivity contribution in [1.29, 1.82) is 0 Å². The number of nitrogens with zero attached hydrogens (tertiary/aromatic N) is 2. The number of nitrogens with one attached hydrogen (secondary N) is 1. The molecule has 2 N–H and O–H groups in total. The predicted octanol–water partition coefficient (Wildman–Crippen LogP) is 0.921. The van der Waals surface area contributed by atoms with Gasteiger partial charge in [0.25, 0.3) is 5.56 Å². The smallest absolute Gasteiger partial charge is 0.328 e. The first kappa shape index (κ1) is 22.1. The number of hydrogen-bond donors (Lipinski definition) is 2. The number of carboxylic acids is 1. The molecule has 1 saturated heterocycles. The summed E-state index contributed by atoms with van der Waals surface area (Å²) >= 11 is 0. The SMILES string of the molecule is Cc1cn(CC(=O)N2C[C@H](O[Si](C)(C)C(C)(C)C)C[C@H]2C(=O)O)c(=O)[nH]c1=O. The summed E-state index contributed by atoms with van der Waals surface area (Å²) in [6.07, 6.45) is 1.15. The fraction of sp³-hybridized carbons (Fsp3) is 0.667. The number of carbonyl (C=O) groups excluding carboxylic acids is 1. The number of amides is 1. The van der Waals surface area contributed by atoms with E-state index in [0.29, 0.717) is 5.56 Å². The third-order valence-corrected chi connectivity index (χ3v) is 10.2. The van der Waals surface area contributed by atoms with Gasteiger partial charge in [0.1, 0.15) is 12.6 Å². The Morgan fingerprint density at radius 3 is 2.46 bits per heavy atom. The molecule has 0 aromatic carbocycles. The molecular formula is C18H29N3O6Si. The zero-order valence-corrected chi connectivity index (χ0v) is 18.2. The third kappa shape index (κ3) is 4.61. The van der Waals surface area contributed by atoms with Gasteiger partial charge in [0, 0.05) is 24.7 Å². The predicted molar refractivity (Wildman–Crippen MR) is 106 cm³/mol. The molecular weight excluding hydrogens is 382 g/mol. The molecule has 0 aliphatic carbocycles. The monoisotopic (exact) mass is 411 g/mol. The van der Waals surface area contributed by atoms with Crippen molar-refractivity contribution < 1.29 is 19.1 Å². The Kier molecular flexibility index (Phi) is 6.05. The molecule has 0 radical (unpaired) electrons. The van der Waals surface area contributed by atoms with Gasteiger partial charge >= 0.3 is 11.7 Å². The van der Waals surface area contributed by atoms with Gasteiger partial charge < -0.3 is 14.4 Å². The summed E-state index contributed by atoms with van der Waals surface area (Å²) in [4.78, 5) is 51.2. The highest BCUT2D eigenvalue weighted by Crippen LogP contribution is 2.38. The van der Waals surface area contributed by atoms with E-state index in [-0.39, 0.29) is 30.7 Å². The van der Waals surface area contributed by atoms with Crippen LogP contribution >= 0.6 is 0 Å². The van der Waals surface area contributed by atoms with E-state index in [4.69, 9.17) is 4.43 Å². The van der Waals surface area contributed by atoms with Crippen molar-refractivity contribution in [3.05, 3.63) is 32.6 Å². The van der Waals surface area contributed by atoms with Crippen LogP contribution in [0.5, 0.6) is 0 Å². The van der Waals surface area contributed by atoms with Gasteiger partial charge in [0.2, 0.25) is 5.91 Å². The Bertz CT molecular complexity index is 883. The number of aliphatic carboxylic acids is 1. The van der Waals surface area contributed by atoms with E-state index < -0.39 is 37.5 Å². The van der Waals surface area contributed by atoms with Crippen LogP contribution in [0.2, 0.25) is 18.1 Å². The van der Waals surface area contributed by atoms with Crippen molar-refractivity contribution >= 4 is 20.2 Å². The van der Waals surface area contributed by atoms with Crippen LogP contribution in [-0.4, -0.2) is 58.4 Å². The minimum absolute atomic E-state index is 0.0378. The maximum Gasteiger partial charge on any atom is 0.328 e. The van der Waals surface area contributed by atoms with Gasteiger partial charge in [-0.1, -0.05) is 20.8 Å². The van der Waals surface area contributed by atoms with E-state index in [1.807, 2.05) is 0 Å². The highest BCUT2D eigenvalue weighted by atomic mass is 28.4. The zero-order chi connectivity index (χ0) is 21.4. The molecule has 0 unspecified atom stereocenters. The topological polar surface area (TPSA) is 122 Å². The Labute approximate surface area is 164 Å². The maximum absolute atomic E-state index is 12.8. The van der Waals surface area contributed by atoms with Crippen LogP contribution in [0, 0.1) is 6.92 Å². The van der Waals surface area contributed by atoms with Gasteiger partial charge in [0.05, 0.1) is 6.10 Å².